The van der Waals surface area contributed by atoms with Crippen molar-refractivity contribution in [3.8, 4) is 0 Å². The summed E-state index contributed by atoms with van der Waals surface area (Å²) in [6.45, 7) is 2.02. The Balaban J connectivity index is 1.71. The van der Waals surface area contributed by atoms with Crippen molar-refractivity contribution in [2.24, 2.45) is 0 Å². The first kappa shape index (κ1) is 14.6. The molecule has 8 heteroatoms. The van der Waals surface area contributed by atoms with Crippen LogP contribution in [0.25, 0.3) is 0 Å². The zero-order valence-corrected chi connectivity index (χ0v) is 11.5. The highest BCUT2D eigenvalue weighted by atomic mass is 16.2. The monoisotopic (exact) mass is 288 g/mol. The number of hydrogen-bond acceptors (Lipinski definition) is 5. The lowest BCUT2D eigenvalue weighted by atomic mass is 10.2. The molecule has 0 bridgehead atoms. The van der Waals surface area contributed by atoms with Crippen LogP contribution in [0.15, 0.2) is 30.3 Å². The average molecular weight is 288 g/mol. The minimum atomic E-state index is -0.332. The van der Waals surface area contributed by atoms with E-state index in [1.54, 1.807) is 31.2 Å². The highest BCUT2D eigenvalue weighted by Crippen LogP contribution is 2.03. The molecule has 0 saturated heterocycles. The predicted molar refractivity (Wildman–Crippen MR) is 74.1 cm³/mol. The van der Waals surface area contributed by atoms with E-state index in [4.69, 9.17) is 0 Å². The van der Waals surface area contributed by atoms with E-state index < -0.39 is 0 Å². The van der Waals surface area contributed by atoms with Gasteiger partial charge < -0.3 is 10.6 Å². The Bertz CT molecular complexity index is 584. The van der Waals surface area contributed by atoms with Gasteiger partial charge in [0, 0.05) is 18.5 Å². The maximum atomic E-state index is 11.8. The third-order valence-electron chi connectivity index (χ3n) is 2.80. The summed E-state index contributed by atoms with van der Waals surface area (Å²) < 4.78 is 0. The van der Waals surface area contributed by atoms with E-state index in [0.717, 1.165) is 0 Å². The van der Waals surface area contributed by atoms with E-state index >= 15 is 0 Å². The molecule has 3 N–H and O–H groups in total. The number of nitrogens with zero attached hydrogens (tertiary/aromatic N) is 3. The molecule has 8 nitrogen and oxygen atoms in total. The second kappa shape index (κ2) is 7.13. The van der Waals surface area contributed by atoms with Gasteiger partial charge in [-0.1, -0.05) is 23.4 Å². The summed E-state index contributed by atoms with van der Waals surface area (Å²) in [7, 11) is 0. The van der Waals surface area contributed by atoms with Crippen LogP contribution in [0.3, 0.4) is 0 Å². The van der Waals surface area contributed by atoms with Crippen LogP contribution in [-0.2, 0) is 4.79 Å². The molecule has 0 fully saturated rings. The Hall–Kier alpha value is -2.77. The highest BCUT2D eigenvalue weighted by molar-refractivity contribution is 5.94. The molecule has 0 aliphatic carbocycles. The first-order valence-corrected chi connectivity index (χ1v) is 6.53. The number of hydrogen-bond donors (Lipinski definition) is 3. The fraction of sp³-hybridized carbons (Fsp3) is 0.308. The van der Waals surface area contributed by atoms with Crippen LogP contribution in [0.5, 0.6) is 0 Å². The molecule has 0 aliphatic rings. The van der Waals surface area contributed by atoms with Crippen LogP contribution in [0.1, 0.15) is 35.6 Å². The summed E-state index contributed by atoms with van der Waals surface area (Å²) in [5.74, 6) is 0.0203. The van der Waals surface area contributed by atoms with E-state index in [9.17, 15) is 9.59 Å². The molecule has 1 heterocycles. The van der Waals surface area contributed by atoms with Gasteiger partial charge in [-0.15, -0.1) is 10.2 Å². The Labute approximate surface area is 121 Å². The first-order chi connectivity index (χ1) is 10.2. The number of aromatic nitrogens is 4. The van der Waals surface area contributed by atoms with E-state index in [2.05, 4.69) is 31.3 Å². The molecule has 0 aliphatic heterocycles. The van der Waals surface area contributed by atoms with Crippen molar-refractivity contribution in [3.05, 3.63) is 41.7 Å². The summed E-state index contributed by atoms with van der Waals surface area (Å²) in [6, 6.07) is 8.51. The van der Waals surface area contributed by atoms with Crippen molar-refractivity contribution in [1.29, 1.82) is 0 Å². The molecule has 0 radical (unpaired) electrons. The smallest absolute Gasteiger partial charge is 0.251 e. The third-order valence-corrected chi connectivity index (χ3v) is 2.80. The number of amides is 2. The number of nitrogens with one attached hydrogen (secondary N) is 3. The molecule has 110 valence electrons. The van der Waals surface area contributed by atoms with Gasteiger partial charge in [0.1, 0.15) is 0 Å². The molecule has 2 aromatic rings. The van der Waals surface area contributed by atoms with Crippen LogP contribution < -0.4 is 10.6 Å². The van der Waals surface area contributed by atoms with Gasteiger partial charge in [-0.2, -0.15) is 5.21 Å². The van der Waals surface area contributed by atoms with Gasteiger partial charge in [-0.3, -0.25) is 9.59 Å². The number of carbonyl (C=O) groups excluding carboxylic acids is 2. The molecule has 2 rings (SSSR count). The van der Waals surface area contributed by atoms with Gasteiger partial charge in [0.05, 0.1) is 6.04 Å². The molecule has 0 saturated carbocycles. The molecule has 1 aromatic heterocycles. The minimum Gasteiger partial charge on any atom is -0.352 e. The zero-order chi connectivity index (χ0) is 15.1. The van der Waals surface area contributed by atoms with Crippen LogP contribution in [-0.4, -0.2) is 39.0 Å². The van der Waals surface area contributed by atoms with Gasteiger partial charge in [-0.25, -0.2) is 0 Å². The topological polar surface area (TPSA) is 113 Å². The van der Waals surface area contributed by atoms with Crippen molar-refractivity contribution >= 4 is 11.8 Å². The number of H-pyrrole nitrogens is 1. The quantitative estimate of drug-likeness (QED) is 0.702. The fourth-order valence-corrected chi connectivity index (χ4v) is 1.71. The van der Waals surface area contributed by atoms with Gasteiger partial charge >= 0.3 is 0 Å². The average Bonchev–Trinajstić information content (AvgIpc) is 3.02. The Kier molecular flexibility index (Phi) is 4.97. The Morgan fingerprint density at radius 1 is 1.29 bits per heavy atom. The van der Waals surface area contributed by atoms with E-state index in [0.29, 0.717) is 11.4 Å². The number of aromatic amines is 1. The van der Waals surface area contributed by atoms with Crippen LogP contribution in [0.2, 0.25) is 0 Å². The molecule has 1 aromatic carbocycles. The maximum absolute atomic E-state index is 11.8. The van der Waals surface area contributed by atoms with Crippen molar-refractivity contribution in [2.75, 3.05) is 6.54 Å². The fourth-order valence-electron chi connectivity index (χ4n) is 1.71. The second-order valence-corrected chi connectivity index (χ2v) is 4.43. The lowest BCUT2D eigenvalue weighted by Gasteiger charge is -2.10. The minimum absolute atomic E-state index is 0.181. The number of rotatable bonds is 6. The largest absolute Gasteiger partial charge is 0.352 e. The number of benzene rings is 1. The lowest BCUT2D eigenvalue weighted by molar-refractivity contribution is -0.121. The molecule has 1 unspecified atom stereocenters. The standard InChI is InChI=1S/C13H16N6O2/c1-9(12-16-18-19-17-12)15-11(20)7-8-14-13(21)10-5-3-2-4-6-10/h2-6,9H,7-8H2,1H3,(H,14,21)(H,15,20)(H,16,17,18,19). The second-order valence-electron chi connectivity index (χ2n) is 4.43. The molecule has 1 atom stereocenters. The first-order valence-electron chi connectivity index (χ1n) is 6.53. The Morgan fingerprint density at radius 3 is 2.71 bits per heavy atom. The van der Waals surface area contributed by atoms with E-state index in [-0.39, 0.29) is 30.8 Å². The maximum Gasteiger partial charge on any atom is 0.251 e. The molecule has 21 heavy (non-hydrogen) atoms. The normalized spacial score (nSPS) is 11.7. The van der Waals surface area contributed by atoms with E-state index in [1.807, 2.05) is 6.07 Å². The molecular weight excluding hydrogens is 272 g/mol. The van der Waals surface area contributed by atoms with Crippen molar-refractivity contribution in [1.82, 2.24) is 31.3 Å². The van der Waals surface area contributed by atoms with Crippen molar-refractivity contribution in [2.45, 2.75) is 19.4 Å². The van der Waals surface area contributed by atoms with Crippen LogP contribution in [0, 0.1) is 0 Å². The zero-order valence-electron chi connectivity index (χ0n) is 11.5. The van der Waals surface area contributed by atoms with Gasteiger partial charge in [0.15, 0.2) is 5.82 Å². The lowest BCUT2D eigenvalue weighted by Crippen LogP contribution is -2.32. The summed E-state index contributed by atoms with van der Waals surface area (Å²) in [5, 5.41) is 18.7. The summed E-state index contributed by atoms with van der Waals surface area (Å²) in [4.78, 5) is 23.5. The summed E-state index contributed by atoms with van der Waals surface area (Å²) in [5.41, 5.74) is 0.568. The van der Waals surface area contributed by atoms with Gasteiger partial charge in [-0.05, 0) is 19.1 Å². The third kappa shape index (κ3) is 4.37. The molecule has 2 amide bonds. The predicted octanol–water partition coefficient (Wildman–Crippen LogP) is 0.197. The Morgan fingerprint density at radius 2 is 2.05 bits per heavy atom. The van der Waals surface area contributed by atoms with Crippen molar-refractivity contribution < 1.29 is 9.59 Å². The number of carbonyl (C=O) groups is 2. The molecule has 0 spiro atoms. The van der Waals surface area contributed by atoms with Crippen LogP contribution >= 0.6 is 0 Å². The van der Waals surface area contributed by atoms with Gasteiger partial charge in [0.2, 0.25) is 5.91 Å². The summed E-state index contributed by atoms with van der Waals surface area (Å²) >= 11 is 0. The summed E-state index contributed by atoms with van der Waals surface area (Å²) in [6.07, 6.45) is 0.181. The van der Waals surface area contributed by atoms with Crippen molar-refractivity contribution in [3.63, 3.8) is 0 Å². The van der Waals surface area contributed by atoms with E-state index in [1.165, 1.54) is 0 Å². The molecular formula is C13H16N6O2. The van der Waals surface area contributed by atoms with Gasteiger partial charge in [0.25, 0.3) is 5.91 Å². The SMILES string of the molecule is CC(NC(=O)CCNC(=O)c1ccccc1)c1nn[nH]n1. The highest BCUT2D eigenvalue weighted by Gasteiger charge is 2.13. The number of tetrazole rings is 1. The van der Waals surface area contributed by atoms with Crippen LogP contribution in [0.4, 0.5) is 0 Å².